The normalized spacial score (nSPS) is 12.0. The molecule has 8 nitrogen and oxygen atoms in total. The van der Waals surface area contributed by atoms with Gasteiger partial charge in [0.2, 0.25) is 0 Å². The number of urea groups is 1. The van der Waals surface area contributed by atoms with Crippen molar-refractivity contribution >= 4 is 34.2 Å². The number of rotatable bonds is 9. The summed E-state index contributed by atoms with van der Waals surface area (Å²) in [6.45, 7) is 4.34. The third-order valence-electron chi connectivity index (χ3n) is 4.00. The number of hydrogen-bond acceptors (Lipinski definition) is 5. The minimum atomic E-state index is -0.878. The highest BCUT2D eigenvalue weighted by molar-refractivity contribution is 7.20. The molecule has 150 valence electrons. The van der Waals surface area contributed by atoms with Gasteiger partial charge in [0.05, 0.1) is 5.56 Å². The van der Waals surface area contributed by atoms with Crippen molar-refractivity contribution in [3.63, 3.8) is 0 Å². The van der Waals surface area contributed by atoms with Crippen molar-refractivity contribution in [3.05, 3.63) is 41.5 Å². The van der Waals surface area contributed by atoms with Crippen molar-refractivity contribution in [1.29, 1.82) is 0 Å². The van der Waals surface area contributed by atoms with Crippen molar-refractivity contribution in [3.8, 4) is 10.4 Å². The molecule has 1 atom stereocenters. The molecule has 0 aliphatic rings. The van der Waals surface area contributed by atoms with Crippen LogP contribution in [0.2, 0.25) is 0 Å². The highest BCUT2D eigenvalue weighted by Crippen LogP contribution is 2.35. The van der Waals surface area contributed by atoms with Crippen molar-refractivity contribution in [2.24, 2.45) is 17.4 Å². The summed E-state index contributed by atoms with van der Waals surface area (Å²) in [5.74, 6) is -1.28. The highest BCUT2D eigenvalue weighted by Gasteiger charge is 2.19. The molecule has 3 amide bonds. The van der Waals surface area contributed by atoms with Gasteiger partial charge in [-0.3, -0.25) is 14.9 Å². The second kappa shape index (κ2) is 9.34. The molecule has 0 unspecified atom stereocenters. The smallest absolute Gasteiger partial charge is 0.320 e. The van der Waals surface area contributed by atoms with Gasteiger partial charge < -0.3 is 21.9 Å². The quantitative estimate of drug-likeness (QED) is 0.436. The molecule has 0 saturated heterocycles. The van der Waals surface area contributed by atoms with Gasteiger partial charge >= 0.3 is 12.0 Å². The molecule has 0 spiro atoms. The van der Waals surface area contributed by atoms with Gasteiger partial charge in [-0.2, -0.15) is 0 Å². The van der Waals surface area contributed by atoms with Crippen LogP contribution in [0.3, 0.4) is 0 Å². The minimum Gasteiger partial charge on any atom is -0.480 e. The van der Waals surface area contributed by atoms with Gasteiger partial charge in [0.15, 0.2) is 0 Å². The number of benzene rings is 1. The second-order valence-electron chi connectivity index (χ2n) is 6.81. The van der Waals surface area contributed by atoms with Crippen molar-refractivity contribution in [2.75, 3.05) is 5.32 Å². The molecule has 2 aromatic rings. The maximum absolute atomic E-state index is 11.6. The first kappa shape index (κ1) is 21.4. The Labute approximate surface area is 166 Å². The van der Waals surface area contributed by atoms with Crippen molar-refractivity contribution < 1.29 is 19.5 Å². The SMILES string of the molecule is CC(C)C[C@H](NCc1cccc(-c2cc(C(N)=O)c(NC(N)=O)s2)c1)C(=O)O. The Balaban J connectivity index is 2.22. The molecular formula is C19H24N4O4S. The number of nitrogens with one attached hydrogen (secondary N) is 2. The third-order valence-corrected chi connectivity index (χ3v) is 5.10. The molecule has 7 N–H and O–H groups in total. The van der Waals surface area contributed by atoms with Gasteiger partial charge in [-0.05, 0) is 35.6 Å². The maximum Gasteiger partial charge on any atom is 0.320 e. The number of aliphatic carboxylic acids is 1. The fourth-order valence-electron chi connectivity index (χ4n) is 2.74. The van der Waals surface area contributed by atoms with E-state index in [-0.39, 0.29) is 11.5 Å². The van der Waals surface area contributed by atoms with Crippen LogP contribution in [-0.4, -0.2) is 29.1 Å². The van der Waals surface area contributed by atoms with E-state index in [9.17, 15) is 19.5 Å². The number of hydrogen-bond donors (Lipinski definition) is 5. The fraction of sp³-hybridized carbons (Fsp3) is 0.316. The molecule has 0 aliphatic heterocycles. The van der Waals surface area contributed by atoms with Crippen LogP contribution in [0.25, 0.3) is 10.4 Å². The second-order valence-corrected chi connectivity index (χ2v) is 7.86. The predicted molar refractivity (Wildman–Crippen MR) is 109 cm³/mol. The summed E-state index contributed by atoms with van der Waals surface area (Å²) < 4.78 is 0. The lowest BCUT2D eigenvalue weighted by molar-refractivity contribution is -0.140. The van der Waals surface area contributed by atoms with Crippen molar-refractivity contribution in [2.45, 2.75) is 32.9 Å². The molecule has 0 aliphatic carbocycles. The van der Waals surface area contributed by atoms with E-state index in [4.69, 9.17) is 11.5 Å². The van der Waals surface area contributed by atoms with Crippen LogP contribution in [0, 0.1) is 5.92 Å². The lowest BCUT2D eigenvalue weighted by Gasteiger charge is -2.16. The molecule has 1 aromatic carbocycles. The number of carboxylic acid groups (broad SMARTS) is 1. The first-order chi connectivity index (χ1) is 13.2. The Morgan fingerprint density at radius 3 is 2.46 bits per heavy atom. The van der Waals surface area contributed by atoms with E-state index in [1.165, 1.54) is 11.3 Å². The number of carboxylic acids is 1. The Morgan fingerprint density at radius 1 is 1.18 bits per heavy atom. The Morgan fingerprint density at radius 2 is 1.89 bits per heavy atom. The summed E-state index contributed by atoms with van der Waals surface area (Å²) in [6.07, 6.45) is 0.532. The van der Waals surface area contributed by atoms with Gasteiger partial charge in [0, 0.05) is 11.4 Å². The van der Waals surface area contributed by atoms with Crippen LogP contribution in [-0.2, 0) is 11.3 Å². The van der Waals surface area contributed by atoms with Crippen LogP contribution < -0.4 is 22.1 Å². The van der Waals surface area contributed by atoms with E-state index in [2.05, 4.69) is 10.6 Å². The maximum atomic E-state index is 11.6. The summed E-state index contributed by atoms with van der Waals surface area (Å²) in [5.41, 5.74) is 12.4. The number of nitrogens with two attached hydrogens (primary N) is 2. The first-order valence-corrected chi connectivity index (χ1v) is 9.54. The van der Waals surface area contributed by atoms with Crippen molar-refractivity contribution in [1.82, 2.24) is 5.32 Å². The number of anilines is 1. The van der Waals surface area contributed by atoms with E-state index in [1.807, 2.05) is 38.1 Å². The fourth-order valence-corrected chi connectivity index (χ4v) is 3.80. The molecule has 0 radical (unpaired) electrons. The van der Waals surface area contributed by atoms with Crippen LogP contribution in [0.15, 0.2) is 30.3 Å². The predicted octanol–water partition coefficient (Wildman–Crippen LogP) is 2.59. The molecule has 0 bridgehead atoms. The zero-order valence-corrected chi connectivity index (χ0v) is 16.5. The summed E-state index contributed by atoms with van der Waals surface area (Å²) in [4.78, 5) is 34.9. The first-order valence-electron chi connectivity index (χ1n) is 8.73. The Kier molecular flexibility index (Phi) is 7.13. The molecule has 28 heavy (non-hydrogen) atoms. The summed E-state index contributed by atoms with van der Waals surface area (Å²) in [6, 6.07) is 7.68. The average Bonchev–Trinajstić information content (AvgIpc) is 3.01. The van der Waals surface area contributed by atoms with E-state index >= 15 is 0 Å². The highest BCUT2D eigenvalue weighted by atomic mass is 32.1. The topological polar surface area (TPSA) is 148 Å². The van der Waals surface area contributed by atoms with Gasteiger partial charge in [0.25, 0.3) is 5.91 Å². The molecule has 1 aromatic heterocycles. The summed E-state index contributed by atoms with van der Waals surface area (Å²) >= 11 is 1.19. The Hall–Kier alpha value is -2.91. The summed E-state index contributed by atoms with van der Waals surface area (Å²) in [7, 11) is 0. The zero-order valence-electron chi connectivity index (χ0n) is 15.7. The number of carbonyl (C=O) groups excluding carboxylic acids is 2. The van der Waals surface area contributed by atoms with Crippen LogP contribution >= 0.6 is 11.3 Å². The monoisotopic (exact) mass is 404 g/mol. The van der Waals surface area contributed by atoms with Crippen LogP contribution in [0.4, 0.5) is 9.80 Å². The lowest BCUT2D eigenvalue weighted by Crippen LogP contribution is -2.37. The number of carbonyl (C=O) groups is 3. The Bertz CT molecular complexity index is 879. The van der Waals surface area contributed by atoms with Gasteiger partial charge in [-0.1, -0.05) is 32.0 Å². The molecule has 0 fully saturated rings. The van der Waals surface area contributed by atoms with Gasteiger partial charge in [0.1, 0.15) is 11.0 Å². The van der Waals surface area contributed by atoms with E-state index < -0.39 is 23.9 Å². The number of amides is 3. The van der Waals surface area contributed by atoms with Crippen LogP contribution in [0.5, 0.6) is 0 Å². The minimum absolute atomic E-state index is 0.185. The van der Waals surface area contributed by atoms with E-state index in [0.717, 1.165) is 16.0 Å². The molecule has 9 heteroatoms. The van der Waals surface area contributed by atoms with Gasteiger partial charge in [-0.15, -0.1) is 11.3 Å². The summed E-state index contributed by atoms with van der Waals surface area (Å²) in [5, 5.41) is 15.1. The van der Waals surface area contributed by atoms with Gasteiger partial charge in [-0.25, -0.2) is 4.79 Å². The molecular weight excluding hydrogens is 380 g/mol. The lowest BCUT2D eigenvalue weighted by atomic mass is 10.0. The van der Waals surface area contributed by atoms with E-state index in [1.54, 1.807) is 6.07 Å². The third kappa shape index (κ3) is 5.80. The molecule has 0 saturated carbocycles. The van der Waals surface area contributed by atoms with E-state index in [0.29, 0.717) is 18.0 Å². The molecule has 1 heterocycles. The molecule has 2 rings (SSSR count). The number of thiophene rings is 1. The number of primary amides is 2. The van der Waals surface area contributed by atoms with Crippen LogP contribution in [0.1, 0.15) is 36.2 Å². The zero-order chi connectivity index (χ0) is 20.8. The average molecular weight is 404 g/mol. The largest absolute Gasteiger partial charge is 0.480 e. The standard InChI is InChI=1S/C19H24N4O4S/c1-10(2)6-14(18(25)26)22-9-11-4-3-5-12(7-11)15-8-13(16(20)24)17(28-15)23-19(21)27/h3-5,7-8,10,14,22H,6,9H2,1-2H3,(H2,20,24)(H,25,26)(H3,21,23,27)/t14-/m0/s1.